The summed E-state index contributed by atoms with van der Waals surface area (Å²) in [5, 5.41) is 0. The summed E-state index contributed by atoms with van der Waals surface area (Å²) in [5.41, 5.74) is 1.19. The van der Waals surface area contributed by atoms with Crippen LogP contribution in [0.2, 0.25) is 0 Å². The molecule has 0 radical (unpaired) electrons. The average molecular weight is 330 g/mol. The first kappa shape index (κ1) is 17.3. The average Bonchev–Trinajstić information content (AvgIpc) is 3.12. The first-order valence-electron chi connectivity index (χ1n) is 9.05. The first-order valence-corrected chi connectivity index (χ1v) is 9.05. The number of benzene rings is 1. The third-order valence-corrected chi connectivity index (χ3v) is 6.02. The van der Waals surface area contributed by atoms with Gasteiger partial charge in [0, 0.05) is 19.1 Å². The summed E-state index contributed by atoms with van der Waals surface area (Å²) in [6.07, 6.45) is 4.88. The van der Waals surface area contributed by atoms with E-state index in [1.54, 1.807) is 0 Å². The van der Waals surface area contributed by atoms with Gasteiger partial charge in [-0.25, -0.2) is 0 Å². The van der Waals surface area contributed by atoms with E-state index in [1.165, 1.54) is 18.4 Å². The van der Waals surface area contributed by atoms with Gasteiger partial charge in [0.15, 0.2) is 6.61 Å². The predicted octanol–water partition coefficient (Wildman–Crippen LogP) is 2.95. The van der Waals surface area contributed by atoms with Gasteiger partial charge in [0.1, 0.15) is 5.75 Å². The van der Waals surface area contributed by atoms with Crippen LogP contribution in [0.5, 0.6) is 5.75 Å². The number of hydrogen-bond acceptors (Lipinski definition) is 3. The van der Waals surface area contributed by atoms with Crippen molar-refractivity contribution in [1.29, 1.82) is 0 Å². The fraction of sp³-hybridized carbons (Fsp3) is 0.650. The fourth-order valence-corrected chi connectivity index (χ4v) is 4.38. The minimum Gasteiger partial charge on any atom is -0.484 e. The van der Waals surface area contributed by atoms with Gasteiger partial charge in [-0.2, -0.15) is 0 Å². The second-order valence-corrected chi connectivity index (χ2v) is 7.84. The van der Waals surface area contributed by atoms with Crippen molar-refractivity contribution < 1.29 is 9.53 Å². The molecule has 4 atom stereocenters. The molecule has 2 fully saturated rings. The Morgan fingerprint density at radius 3 is 2.08 bits per heavy atom. The predicted molar refractivity (Wildman–Crippen MR) is 96.2 cm³/mol. The lowest BCUT2D eigenvalue weighted by Crippen LogP contribution is -2.39. The Labute approximate surface area is 145 Å². The van der Waals surface area contributed by atoms with E-state index in [-0.39, 0.29) is 12.5 Å². The summed E-state index contributed by atoms with van der Waals surface area (Å²) in [4.78, 5) is 16.7. The van der Waals surface area contributed by atoms with E-state index in [2.05, 4.69) is 19.0 Å². The van der Waals surface area contributed by atoms with Crippen LogP contribution in [0.4, 0.5) is 0 Å². The van der Waals surface area contributed by atoms with Gasteiger partial charge in [0.2, 0.25) is 0 Å². The SMILES string of the molecule is Cc1ccc(OCC(=O)N(C)C2C[C@H]3CC(N(C)C)C[C@H]3C2)cc1. The number of carbonyl (C=O) groups excluding carboxylic acids is 1. The van der Waals surface area contributed by atoms with Gasteiger partial charge in [0.25, 0.3) is 5.91 Å². The largest absolute Gasteiger partial charge is 0.484 e. The number of likely N-dealkylation sites (N-methyl/N-ethyl adjacent to an activating group) is 1. The zero-order chi connectivity index (χ0) is 17.3. The van der Waals surface area contributed by atoms with Crippen LogP contribution in [-0.2, 0) is 4.79 Å². The minimum atomic E-state index is 0.0877. The van der Waals surface area contributed by atoms with Gasteiger partial charge in [-0.15, -0.1) is 0 Å². The van der Waals surface area contributed by atoms with Crippen molar-refractivity contribution in [3.05, 3.63) is 29.8 Å². The lowest BCUT2D eigenvalue weighted by Gasteiger charge is -2.27. The normalized spacial score (nSPS) is 28.9. The molecule has 0 heterocycles. The Balaban J connectivity index is 1.48. The molecule has 2 saturated carbocycles. The highest BCUT2D eigenvalue weighted by molar-refractivity contribution is 5.77. The van der Waals surface area contributed by atoms with Crippen LogP contribution in [0.3, 0.4) is 0 Å². The van der Waals surface area contributed by atoms with Crippen LogP contribution in [0.1, 0.15) is 31.2 Å². The zero-order valence-corrected chi connectivity index (χ0v) is 15.4. The molecule has 0 bridgehead atoms. The standard InChI is InChI=1S/C20H30N2O2/c1-14-5-7-19(8-6-14)24-13-20(23)22(4)18-11-15-9-17(21(2)3)10-16(15)12-18/h5-8,15-18H,9-13H2,1-4H3/t15-,16+,17?,18?. The van der Waals surface area contributed by atoms with Crippen molar-refractivity contribution in [3.8, 4) is 5.75 Å². The minimum absolute atomic E-state index is 0.0877. The molecule has 3 rings (SSSR count). The molecule has 2 aliphatic rings. The van der Waals surface area contributed by atoms with Gasteiger partial charge in [-0.05, 0) is 70.7 Å². The molecule has 0 aliphatic heterocycles. The van der Waals surface area contributed by atoms with Crippen molar-refractivity contribution in [1.82, 2.24) is 9.80 Å². The summed E-state index contributed by atoms with van der Waals surface area (Å²) in [5.74, 6) is 2.43. The van der Waals surface area contributed by atoms with Gasteiger partial charge < -0.3 is 14.5 Å². The van der Waals surface area contributed by atoms with Crippen LogP contribution < -0.4 is 4.74 Å². The van der Waals surface area contributed by atoms with Crippen molar-refractivity contribution in [3.63, 3.8) is 0 Å². The summed E-state index contributed by atoms with van der Waals surface area (Å²) >= 11 is 0. The molecule has 1 aromatic rings. The van der Waals surface area contributed by atoms with Gasteiger partial charge in [-0.3, -0.25) is 4.79 Å². The van der Waals surface area contributed by atoms with Crippen molar-refractivity contribution in [2.24, 2.45) is 11.8 Å². The van der Waals surface area contributed by atoms with Crippen molar-refractivity contribution in [2.45, 2.75) is 44.7 Å². The fourth-order valence-electron chi connectivity index (χ4n) is 4.38. The van der Waals surface area contributed by atoms with Crippen molar-refractivity contribution in [2.75, 3.05) is 27.7 Å². The van der Waals surface area contributed by atoms with Crippen LogP contribution in [0, 0.1) is 18.8 Å². The second kappa shape index (κ2) is 7.14. The summed E-state index contributed by atoms with van der Waals surface area (Å²) < 4.78 is 5.65. The molecular formula is C20H30N2O2. The molecule has 0 aromatic heterocycles. The lowest BCUT2D eigenvalue weighted by atomic mass is 10.0. The van der Waals surface area contributed by atoms with Crippen LogP contribution in [-0.4, -0.2) is 55.5 Å². The molecule has 132 valence electrons. The smallest absolute Gasteiger partial charge is 0.260 e. The molecule has 4 heteroatoms. The summed E-state index contributed by atoms with van der Waals surface area (Å²) in [6, 6.07) is 8.96. The number of rotatable bonds is 5. The quantitative estimate of drug-likeness (QED) is 0.832. The Bertz CT molecular complexity index is 556. The lowest BCUT2D eigenvalue weighted by molar-refractivity contribution is -0.134. The monoisotopic (exact) mass is 330 g/mol. The van der Waals surface area contributed by atoms with Gasteiger partial charge in [-0.1, -0.05) is 17.7 Å². The van der Waals surface area contributed by atoms with Gasteiger partial charge in [0.05, 0.1) is 0 Å². The highest BCUT2D eigenvalue weighted by Crippen LogP contribution is 2.46. The van der Waals surface area contributed by atoms with E-state index in [9.17, 15) is 4.79 Å². The third kappa shape index (κ3) is 3.75. The molecule has 1 aromatic carbocycles. The number of aryl methyl sites for hydroxylation is 1. The van der Waals surface area contributed by atoms with E-state index in [0.29, 0.717) is 6.04 Å². The number of hydrogen-bond donors (Lipinski definition) is 0. The molecule has 24 heavy (non-hydrogen) atoms. The molecule has 2 unspecified atom stereocenters. The maximum atomic E-state index is 12.5. The molecule has 0 saturated heterocycles. The van der Waals surface area contributed by atoms with Crippen LogP contribution >= 0.6 is 0 Å². The van der Waals surface area contributed by atoms with Crippen molar-refractivity contribution >= 4 is 5.91 Å². The van der Waals surface area contributed by atoms with E-state index in [4.69, 9.17) is 4.74 Å². The first-order chi connectivity index (χ1) is 11.4. The molecule has 0 spiro atoms. The highest BCUT2D eigenvalue weighted by atomic mass is 16.5. The van der Waals surface area contributed by atoms with Crippen LogP contribution in [0.15, 0.2) is 24.3 Å². The highest BCUT2D eigenvalue weighted by Gasteiger charge is 2.44. The molecule has 2 aliphatic carbocycles. The number of carbonyl (C=O) groups is 1. The number of fused-ring (bicyclic) bond motifs is 1. The third-order valence-electron chi connectivity index (χ3n) is 6.02. The maximum Gasteiger partial charge on any atom is 0.260 e. The Kier molecular flexibility index (Phi) is 5.14. The Hall–Kier alpha value is -1.55. The Morgan fingerprint density at radius 2 is 1.54 bits per heavy atom. The van der Waals surface area contributed by atoms with E-state index >= 15 is 0 Å². The van der Waals surface area contributed by atoms with E-state index in [0.717, 1.165) is 36.5 Å². The molecular weight excluding hydrogens is 300 g/mol. The number of ether oxygens (including phenoxy) is 1. The summed E-state index contributed by atoms with van der Waals surface area (Å²) in [6.45, 7) is 2.17. The molecule has 0 N–H and O–H groups in total. The van der Waals surface area contributed by atoms with E-state index in [1.807, 2.05) is 43.1 Å². The topological polar surface area (TPSA) is 32.8 Å². The molecule has 1 amide bonds. The van der Waals surface area contributed by atoms with Crippen LogP contribution in [0.25, 0.3) is 0 Å². The molecule has 4 nitrogen and oxygen atoms in total. The summed E-state index contributed by atoms with van der Waals surface area (Å²) in [7, 11) is 6.30. The zero-order valence-electron chi connectivity index (χ0n) is 15.4. The second-order valence-electron chi connectivity index (χ2n) is 7.84. The number of amides is 1. The van der Waals surface area contributed by atoms with E-state index < -0.39 is 0 Å². The van der Waals surface area contributed by atoms with Gasteiger partial charge >= 0.3 is 0 Å². The maximum absolute atomic E-state index is 12.5. The number of nitrogens with zero attached hydrogens (tertiary/aromatic N) is 2. The Morgan fingerprint density at radius 1 is 1.00 bits per heavy atom.